The normalized spacial score (nSPS) is 11.1. The first-order valence-corrected chi connectivity index (χ1v) is 5.15. The highest BCUT2D eigenvalue weighted by Gasteiger charge is 2.15. The van der Waals surface area contributed by atoms with Crippen LogP contribution in [0.5, 0.6) is 0 Å². The molecule has 3 rings (SSSR count). The van der Waals surface area contributed by atoms with Gasteiger partial charge in [-0.3, -0.25) is 9.59 Å². The van der Waals surface area contributed by atoms with Gasteiger partial charge in [0.15, 0.2) is 17.0 Å². The molecular formula is C11H5ClN2O3. The highest BCUT2D eigenvalue weighted by atomic mass is 35.5. The second-order valence-corrected chi connectivity index (χ2v) is 3.79. The highest BCUT2D eigenvalue weighted by Crippen LogP contribution is 2.19. The Kier molecular flexibility index (Phi) is 2.02. The van der Waals surface area contributed by atoms with Gasteiger partial charge < -0.3 is 4.42 Å². The van der Waals surface area contributed by atoms with Crippen LogP contribution in [0.3, 0.4) is 0 Å². The van der Waals surface area contributed by atoms with Crippen LogP contribution in [0.2, 0.25) is 5.15 Å². The molecule has 84 valence electrons. The van der Waals surface area contributed by atoms with Crippen LogP contribution < -0.4 is 5.56 Å². The van der Waals surface area contributed by atoms with Gasteiger partial charge in [-0.05, 0) is 12.1 Å². The summed E-state index contributed by atoms with van der Waals surface area (Å²) in [4.78, 5) is 26.7. The number of para-hydroxylation sites is 2. The lowest BCUT2D eigenvalue weighted by molar-refractivity contribution is 0.112. The summed E-state index contributed by atoms with van der Waals surface area (Å²) in [7, 11) is 0. The zero-order valence-electron chi connectivity index (χ0n) is 8.38. The lowest BCUT2D eigenvalue weighted by Gasteiger charge is -1.95. The van der Waals surface area contributed by atoms with E-state index < -0.39 is 5.56 Å². The monoisotopic (exact) mass is 248 g/mol. The molecule has 0 N–H and O–H groups in total. The Bertz CT molecular complexity index is 803. The number of benzene rings is 1. The van der Waals surface area contributed by atoms with Crippen molar-refractivity contribution in [2.75, 3.05) is 0 Å². The number of oxazole rings is 1. The summed E-state index contributed by atoms with van der Waals surface area (Å²) in [5, 5.41) is -0.149. The van der Waals surface area contributed by atoms with Gasteiger partial charge in [-0.2, -0.15) is 4.98 Å². The van der Waals surface area contributed by atoms with Gasteiger partial charge in [0.05, 0.1) is 5.52 Å². The number of nitrogens with zero attached hydrogens (tertiary/aromatic N) is 2. The lowest BCUT2D eigenvalue weighted by atomic mass is 10.3. The van der Waals surface area contributed by atoms with Crippen molar-refractivity contribution >= 4 is 34.8 Å². The summed E-state index contributed by atoms with van der Waals surface area (Å²) in [6.07, 6.45) is 0.395. The van der Waals surface area contributed by atoms with E-state index in [0.717, 1.165) is 0 Å². The molecule has 0 radical (unpaired) electrons. The average molecular weight is 249 g/mol. The molecule has 0 aliphatic rings. The maximum atomic E-state index is 12.0. The molecule has 0 atom stereocenters. The van der Waals surface area contributed by atoms with Crippen molar-refractivity contribution in [2.45, 2.75) is 0 Å². The number of carbonyl (C=O) groups excluding carboxylic acids is 1. The van der Waals surface area contributed by atoms with E-state index in [2.05, 4.69) is 4.98 Å². The molecule has 1 aromatic carbocycles. The Morgan fingerprint density at radius 2 is 2.12 bits per heavy atom. The van der Waals surface area contributed by atoms with Gasteiger partial charge in [-0.1, -0.05) is 23.7 Å². The molecule has 0 saturated heterocycles. The molecule has 0 aliphatic carbocycles. The first-order chi connectivity index (χ1) is 8.22. The van der Waals surface area contributed by atoms with Crippen LogP contribution in [-0.4, -0.2) is 15.7 Å². The lowest BCUT2D eigenvalue weighted by Crippen LogP contribution is -2.18. The number of aromatic nitrogens is 2. The average Bonchev–Trinajstić information content (AvgIpc) is 2.67. The number of aldehydes is 1. The number of halogens is 1. The van der Waals surface area contributed by atoms with Gasteiger partial charge in [-0.15, -0.1) is 0 Å². The highest BCUT2D eigenvalue weighted by molar-refractivity contribution is 6.31. The van der Waals surface area contributed by atoms with E-state index in [1.807, 2.05) is 0 Å². The minimum Gasteiger partial charge on any atom is -0.423 e. The minimum absolute atomic E-state index is 0.0757. The fourth-order valence-corrected chi connectivity index (χ4v) is 1.89. The molecule has 0 saturated carbocycles. The zero-order chi connectivity index (χ0) is 12.0. The number of rotatable bonds is 1. The fourth-order valence-electron chi connectivity index (χ4n) is 1.70. The summed E-state index contributed by atoms with van der Waals surface area (Å²) >= 11 is 5.72. The molecule has 3 aromatic rings. The van der Waals surface area contributed by atoms with Gasteiger partial charge in [0.1, 0.15) is 5.56 Å². The van der Waals surface area contributed by atoms with E-state index >= 15 is 0 Å². The standard InChI is InChI=1S/C11H5ClN2O3/c12-9-6(5-15)10(16)14-7-3-1-2-4-8(7)17-11(14)13-9/h1-5H. The van der Waals surface area contributed by atoms with Crippen LogP contribution in [0.1, 0.15) is 10.4 Å². The largest absolute Gasteiger partial charge is 0.423 e. The van der Waals surface area contributed by atoms with E-state index in [0.29, 0.717) is 17.4 Å². The summed E-state index contributed by atoms with van der Waals surface area (Å²) in [6, 6.07) is 6.95. The fraction of sp³-hybridized carbons (Fsp3) is 0. The molecule has 17 heavy (non-hydrogen) atoms. The topological polar surface area (TPSA) is 64.6 Å². The van der Waals surface area contributed by atoms with Crippen LogP contribution in [0.4, 0.5) is 0 Å². The van der Waals surface area contributed by atoms with Gasteiger partial charge in [0.2, 0.25) is 0 Å². The van der Waals surface area contributed by atoms with Crippen LogP contribution in [0.15, 0.2) is 33.5 Å². The van der Waals surface area contributed by atoms with Crippen molar-refractivity contribution in [3.63, 3.8) is 0 Å². The van der Waals surface area contributed by atoms with E-state index in [1.54, 1.807) is 24.3 Å². The predicted molar refractivity (Wildman–Crippen MR) is 61.6 cm³/mol. The molecule has 0 fully saturated rings. The molecule has 2 aromatic heterocycles. The third-order valence-corrected chi connectivity index (χ3v) is 2.75. The van der Waals surface area contributed by atoms with E-state index in [-0.39, 0.29) is 16.6 Å². The summed E-state index contributed by atoms with van der Waals surface area (Å²) in [6.45, 7) is 0. The third kappa shape index (κ3) is 1.29. The van der Waals surface area contributed by atoms with Crippen molar-refractivity contribution in [1.82, 2.24) is 9.38 Å². The molecule has 0 spiro atoms. The zero-order valence-corrected chi connectivity index (χ0v) is 9.14. The Morgan fingerprint density at radius 1 is 1.35 bits per heavy atom. The molecule has 2 heterocycles. The van der Waals surface area contributed by atoms with Gasteiger partial charge >= 0.3 is 5.84 Å². The SMILES string of the molecule is O=Cc1c(Cl)nc2oc3ccccc3n2c1=O. The molecule has 0 amide bonds. The van der Waals surface area contributed by atoms with Gasteiger partial charge in [-0.25, -0.2) is 4.40 Å². The Morgan fingerprint density at radius 3 is 2.88 bits per heavy atom. The van der Waals surface area contributed by atoms with E-state index in [1.165, 1.54) is 4.40 Å². The van der Waals surface area contributed by atoms with Crippen LogP contribution in [-0.2, 0) is 0 Å². The Hall–Kier alpha value is -2.14. The minimum atomic E-state index is -0.528. The number of fused-ring (bicyclic) bond motifs is 3. The third-order valence-electron chi connectivity index (χ3n) is 2.47. The number of hydrogen-bond donors (Lipinski definition) is 0. The summed E-state index contributed by atoms with van der Waals surface area (Å²) < 4.78 is 6.59. The van der Waals surface area contributed by atoms with Gasteiger partial charge in [0.25, 0.3) is 5.56 Å². The molecule has 0 bridgehead atoms. The first-order valence-electron chi connectivity index (χ1n) is 4.77. The second kappa shape index (κ2) is 3.43. The van der Waals surface area contributed by atoms with Crippen LogP contribution in [0.25, 0.3) is 16.9 Å². The molecule has 0 aliphatic heterocycles. The molecule has 6 heteroatoms. The quantitative estimate of drug-likeness (QED) is 0.487. The van der Waals surface area contributed by atoms with Crippen molar-refractivity contribution < 1.29 is 9.21 Å². The van der Waals surface area contributed by atoms with Crippen molar-refractivity contribution in [3.8, 4) is 0 Å². The summed E-state index contributed by atoms with van der Waals surface area (Å²) in [5.74, 6) is 0.0757. The first kappa shape index (κ1) is 10.0. The second-order valence-electron chi connectivity index (χ2n) is 3.43. The molecule has 0 unspecified atom stereocenters. The van der Waals surface area contributed by atoms with Crippen LogP contribution >= 0.6 is 11.6 Å². The van der Waals surface area contributed by atoms with Crippen molar-refractivity contribution in [3.05, 3.63) is 45.3 Å². The molecule has 5 nitrogen and oxygen atoms in total. The van der Waals surface area contributed by atoms with Crippen LogP contribution in [0, 0.1) is 0 Å². The maximum Gasteiger partial charge on any atom is 0.311 e. The van der Waals surface area contributed by atoms with Gasteiger partial charge in [0, 0.05) is 0 Å². The van der Waals surface area contributed by atoms with E-state index in [4.69, 9.17) is 16.0 Å². The number of carbonyl (C=O) groups is 1. The smallest absolute Gasteiger partial charge is 0.311 e. The Balaban J connectivity index is 2.65. The maximum absolute atomic E-state index is 12.0. The van der Waals surface area contributed by atoms with E-state index in [9.17, 15) is 9.59 Å². The Labute approximate surface area is 99.2 Å². The predicted octanol–water partition coefficient (Wildman–Crippen LogP) is 1.91. The summed E-state index contributed by atoms with van der Waals surface area (Å²) in [5.41, 5.74) is 0.367. The molecular weight excluding hydrogens is 244 g/mol. The van der Waals surface area contributed by atoms with Crippen molar-refractivity contribution in [2.24, 2.45) is 0 Å². The van der Waals surface area contributed by atoms with Crippen molar-refractivity contribution in [1.29, 1.82) is 0 Å². The number of hydrogen-bond acceptors (Lipinski definition) is 4.